The number of nitrogen functional groups attached to an aromatic ring is 1. The summed E-state index contributed by atoms with van der Waals surface area (Å²) in [7, 11) is 0. The summed E-state index contributed by atoms with van der Waals surface area (Å²) in [5.74, 6) is -0.519. The molecule has 0 saturated heterocycles. The molecular weight excluding hydrogens is 324 g/mol. The zero-order chi connectivity index (χ0) is 17.5. The molecule has 0 aliphatic carbocycles. The second-order valence-corrected chi connectivity index (χ2v) is 5.63. The van der Waals surface area contributed by atoms with Crippen molar-refractivity contribution in [3.63, 3.8) is 0 Å². The Hall–Kier alpha value is -2.97. The van der Waals surface area contributed by atoms with Gasteiger partial charge >= 0.3 is 0 Å². The van der Waals surface area contributed by atoms with Crippen molar-refractivity contribution in [2.45, 2.75) is 13.5 Å². The van der Waals surface area contributed by atoms with Crippen LogP contribution in [0.3, 0.4) is 0 Å². The zero-order valence-corrected chi connectivity index (χ0v) is 13.9. The van der Waals surface area contributed by atoms with Gasteiger partial charge in [-0.05, 0) is 30.7 Å². The van der Waals surface area contributed by atoms with Crippen molar-refractivity contribution in [1.82, 2.24) is 5.32 Å². The van der Waals surface area contributed by atoms with E-state index in [0.717, 1.165) is 5.56 Å². The molecule has 0 aliphatic heterocycles. The Balaban J connectivity index is 1.98. The van der Waals surface area contributed by atoms with Crippen LogP contribution < -0.4 is 16.4 Å². The zero-order valence-electron chi connectivity index (χ0n) is 13.1. The Morgan fingerprint density at radius 1 is 1.29 bits per heavy atom. The van der Waals surface area contributed by atoms with Gasteiger partial charge in [-0.3, -0.25) is 4.79 Å². The molecule has 2 rings (SSSR count). The molecule has 0 unspecified atom stereocenters. The van der Waals surface area contributed by atoms with Crippen molar-refractivity contribution in [2.75, 3.05) is 11.1 Å². The summed E-state index contributed by atoms with van der Waals surface area (Å²) in [6.45, 7) is 2.53. The van der Waals surface area contributed by atoms with Crippen LogP contribution in [0.2, 0.25) is 5.02 Å². The average Bonchev–Trinajstić information content (AvgIpc) is 2.56. The molecule has 5 nitrogen and oxygen atoms in total. The largest absolute Gasteiger partial charge is 0.398 e. The van der Waals surface area contributed by atoms with E-state index in [0.29, 0.717) is 22.9 Å². The number of halogens is 1. The fourth-order valence-electron chi connectivity index (χ4n) is 1.93. The van der Waals surface area contributed by atoms with Crippen molar-refractivity contribution in [3.05, 3.63) is 70.4 Å². The molecule has 0 atom stereocenters. The Labute approximate surface area is 145 Å². The van der Waals surface area contributed by atoms with Crippen molar-refractivity contribution in [2.24, 2.45) is 0 Å². The van der Waals surface area contributed by atoms with Crippen LogP contribution >= 0.6 is 11.6 Å². The molecule has 2 aromatic carbocycles. The van der Waals surface area contributed by atoms with E-state index in [4.69, 9.17) is 22.6 Å². The number of hydrogen-bond donors (Lipinski definition) is 3. The first kappa shape index (κ1) is 17.4. The second-order valence-electron chi connectivity index (χ2n) is 5.23. The highest BCUT2D eigenvalue weighted by atomic mass is 35.5. The molecule has 122 valence electrons. The lowest BCUT2D eigenvalue weighted by Crippen LogP contribution is -2.16. The van der Waals surface area contributed by atoms with E-state index in [1.165, 1.54) is 17.8 Å². The average molecular weight is 341 g/mol. The first-order valence-electron chi connectivity index (χ1n) is 7.25. The van der Waals surface area contributed by atoms with E-state index in [1.807, 2.05) is 37.3 Å². The highest BCUT2D eigenvalue weighted by Crippen LogP contribution is 2.22. The maximum Gasteiger partial charge on any atom is 0.267 e. The maximum atomic E-state index is 12.1. The Morgan fingerprint density at radius 3 is 2.62 bits per heavy atom. The summed E-state index contributed by atoms with van der Waals surface area (Å²) in [4.78, 5) is 12.1. The standard InChI is InChI=1S/C18H17ClN4O/c1-12-2-4-13(5-3-12)10-22-11-14(9-20)18(24)23-15-6-7-17(21)16(19)8-15/h2-8,11,22H,10,21H2,1H3,(H,23,24)/b14-11-. The topological polar surface area (TPSA) is 90.9 Å². The van der Waals surface area contributed by atoms with E-state index in [-0.39, 0.29) is 5.57 Å². The molecule has 0 saturated carbocycles. The number of amides is 1. The molecule has 0 aromatic heterocycles. The van der Waals surface area contributed by atoms with Gasteiger partial charge in [0.2, 0.25) is 0 Å². The number of carbonyl (C=O) groups excluding carboxylic acids is 1. The molecular formula is C18H17ClN4O. The lowest BCUT2D eigenvalue weighted by atomic mass is 10.1. The van der Waals surface area contributed by atoms with E-state index in [9.17, 15) is 4.79 Å². The Bertz CT molecular complexity index is 807. The van der Waals surface area contributed by atoms with Crippen molar-refractivity contribution in [1.29, 1.82) is 5.26 Å². The summed E-state index contributed by atoms with van der Waals surface area (Å²) in [5.41, 5.74) is 8.71. The van der Waals surface area contributed by atoms with Gasteiger partial charge in [0.15, 0.2) is 0 Å². The van der Waals surface area contributed by atoms with Gasteiger partial charge < -0.3 is 16.4 Å². The summed E-state index contributed by atoms with van der Waals surface area (Å²) >= 11 is 5.90. The normalized spacial score (nSPS) is 10.8. The van der Waals surface area contributed by atoms with Crippen molar-refractivity contribution in [3.8, 4) is 6.07 Å². The molecule has 4 N–H and O–H groups in total. The fraction of sp³-hybridized carbons (Fsp3) is 0.111. The first-order chi connectivity index (χ1) is 11.5. The summed E-state index contributed by atoms with van der Waals surface area (Å²) in [5, 5.41) is 15.1. The number of hydrogen-bond acceptors (Lipinski definition) is 4. The third kappa shape index (κ3) is 4.77. The smallest absolute Gasteiger partial charge is 0.267 e. The third-order valence-electron chi connectivity index (χ3n) is 3.30. The van der Waals surface area contributed by atoms with Gasteiger partial charge in [0.05, 0.1) is 10.7 Å². The molecule has 0 fully saturated rings. The van der Waals surface area contributed by atoms with E-state index in [2.05, 4.69) is 10.6 Å². The summed E-state index contributed by atoms with van der Waals surface area (Å²) < 4.78 is 0. The lowest BCUT2D eigenvalue weighted by molar-refractivity contribution is -0.112. The van der Waals surface area contributed by atoms with Gasteiger partial charge in [0, 0.05) is 18.4 Å². The van der Waals surface area contributed by atoms with Gasteiger partial charge in [-0.25, -0.2) is 0 Å². The number of nitrogens with zero attached hydrogens (tertiary/aromatic N) is 1. The van der Waals surface area contributed by atoms with E-state index >= 15 is 0 Å². The molecule has 1 amide bonds. The number of nitrogens with two attached hydrogens (primary N) is 1. The molecule has 0 radical (unpaired) electrons. The second kappa shape index (κ2) is 8.04. The van der Waals surface area contributed by atoms with Crippen LogP contribution in [-0.2, 0) is 11.3 Å². The number of aryl methyl sites for hydroxylation is 1. The minimum absolute atomic E-state index is 0.0324. The first-order valence-corrected chi connectivity index (χ1v) is 7.63. The molecule has 6 heteroatoms. The van der Waals surface area contributed by atoms with Crippen LogP contribution in [0.4, 0.5) is 11.4 Å². The number of rotatable bonds is 5. The van der Waals surface area contributed by atoms with Crippen LogP contribution in [0.1, 0.15) is 11.1 Å². The lowest BCUT2D eigenvalue weighted by Gasteiger charge is -2.07. The fourth-order valence-corrected chi connectivity index (χ4v) is 2.11. The van der Waals surface area contributed by atoms with Gasteiger partial charge in [-0.1, -0.05) is 41.4 Å². The monoisotopic (exact) mass is 340 g/mol. The summed E-state index contributed by atoms with van der Waals surface area (Å²) in [6, 6.07) is 14.6. The Kier molecular flexibility index (Phi) is 5.83. The van der Waals surface area contributed by atoms with Crippen LogP contribution in [0, 0.1) is 18.3 Å². The van der Waals surface area contributed by atoms with Gasteiger partial charge in [-0.15, -0.1) is 0 Å². The molecule has 0 aliphatic rings. The minimum atomic E-state index is -0.519. The SMILES string of the molecule is Cc1ccc(CN/C=C(/C#N)C(=O)Nc2ccc(N)c(Cl)c2)cc1. The van der Waals surface area contributed by atoms with Gasteiger partial charge in [-0.2, -0.15) is 5.26 Å². The number of nitriles is 1. The maximum absolute atomic E-state index is 12.1. The van der Waals surface area contributed by atoms with Crippen LogP contribution in [0.25, 0.3) is 0 Å². The predicted octanol–water partition coefficient (Wildman–Crippen LogP) is 3.37. The van der Waals surface area contributed by atoms with E-state index in [1.54, 1.807) is 12.1 Å². The molecule has 0 bridgehead atoms. The number of benzene rings is 2. The minimum Gasteiger partial charge on any atom is -0.398 e. The molecule has 24 heavy (non-hydrogen) atoms. The molecule has 0 heterocycles. The van der Waals surface area contributed by atoms with Gasteiger partial charge in [0.1, 0.15) is 11.6 Å². The van der Waals surface area contributed by atoms with E-state index < -0.39 is 5.91 Å². The number of anilines is 2. The Morgan fingerprint density at radius 2 is 2.00 bits per heavy atom. The molecule has 2 aromatic rings. The summed E-state index contributed by atoms with van der Waals surface area (Å²) in [6.07, 6.45) is 1.40. The van der Waals surface area contributed by atoms with Crippen LogP contribution in [0.5, 0.6) is 0 Å². The quantitative estimate of drug-likeness (QED) is 0.442. The predicted molar refractivity (Wildman–Crippen MR) is 96.2 cm³/mol. The van der Waals surface area contributed by atoms with Crippen molar-refractivity contribution >= 4 is 28.9 Å². The highest BCUT2D eigenvalue weighted by molar-refractivity contribution is 6.33. The van der Waals surface area contributed by atoms with Crippen LogP contribution in [-0.4, -0.2) is 5.91 Å². The van der Waals surface area contributed by atoms with Crippen LogP contribution in [0.15, 0.2) is 54.2 Å². The highest BCUT2D eigenvalue weighted by Gasteiger charge is 2.10. The molecule has 0 spiro atoms. The van der Waals surface area contributed by atoms with Gasteiger partial charge in [0.25, 0.3) is 5.91 Å². The van der Waals surface area contributed by atoms with Crippen molar-refractivity contribution < 1.29 is 4.79 Å². The number of nitrogens with one attached hydrogen (secondary N) is 2. The number of carbonyl (C=O) groups is 1. The third-order valence-corrected chi connectivity index (χ3v) is 3.62.